The van der Waals surface area contributed by atoms with Crippen molar-refractivity contribution in [3.63, 3.8) is 0 Å². The highest BCUT2D eigenvalue weighted by Crippen LogP contribution is 2.29. The van der Waals surface area contributed by atoms with Gasteiger partial charge in [0.2, 0.25) is 0 Å². The van der Waals surface area contributed by atoms with Gasteiger partial charge in [0.25, 0.3) is 5.91 Å². The number of halogens is 3. The second-order valence-electron chi connectivity index (χ2n) is 3.78. The molecule has 0 aliphatic heterocycles. The van der Waals surface area contributed by atoms with Gasteiger partial charge in [0.05, 0.1) is 5.69 Å². The maximum Gasteiger partial charge on any atom is 0.276 e. The summed E-state index contributed by atoms with van der Waals surface area (Å²) in [4.78, 5) is 12.0. The molecule has 4 nitrogen and oxygen atoms in total. The first kappa shape index (κ1) is 14.2. The lowest BCUT2D eigenvalue weighted by molar-refractivity contribution is 0.102. The van der Waals surface area contributed by atoms with Crippen molar-refractivity contribution in [2.24, 2.45) is 0 Å². The standard InChI is InChI=1S/C12H8BrCl2N3O/c1-6-4-7(13)10(5-8(6)14)16-12(19)9-2-3-11(15)18-17-9/h2-5H,1H3,(H,16,19). The van der Waals surface area contributed by atoms with Gasteiger partial charge in [-0.3, -0.25) is 4.79 Å². The first-order valence-electron chi connectivity index (χ1n) is 5.23. The molecule has 2 rings (SSSR count). The van der Waals surface area contributed by atoms with Crippen molar-refractivity contribution in [3.05, 3.63) is 50.2 Å². The maximum absolute atomic E-state index is 12.0. The van der Waals surface area contributed by atoms with Gasteiger partial charge in [-0.05, 0) is 52.7 Å². The second kappa shape index (κ2) is 5.86. The lowest BCUT2D eigenvalue weighted by Gasteiger charge is -2.09. The van der Waals surface area contributed by atoms with E-state index in [0.29, 0.717) is 10.7 Å². The van der Waals surface area contributed by atoms with E-state index in [0.717, 1.165) is 10.0 Å². The normalized spacial score (nSPS) is 10.3. The fraction of sp³-hybridized carbons (Fsp3) is 0.0833. The van der Waals surface area contributed by atoms with Crippen LogP contribution in [0.1, 0.15) is 16.1 Å². The highest BCUT2D eigenvalue weighted by Gasteiger charge is 2.11. The Morgan fingerprint density at radius 2 is 2.00 bits per heavy atom. The van der Waals surface area contributed by atoms with Gasteiger partial charge in [0.15, 0.2) is 10.8 Å². The van der Waals surface area contributed by atoms with Crippen LogP contribution in [0.25, 0.3) is 0 Å². The number of benzene rings is 1. The quantitative estimate of drug-likeness (QED) is 0.876. The van der Waals surface area contributed by atoms with E-state index >= 15 is 0 Å². The fourth-order valence-electron chi connectivity index (χ4n) is 1.37. The van der Waals surface area contributed by atoms with Gasteiger partial charge in [0.1, 0.15) is 0 Å². The van der Waals surface area contributed by atoms with Crippen LogP contribution in [0.4, 0.5) is 5.69 Å². The molecule has 0 saturated heterocycles. The minimum absolute atomic E-state index is 0.174. The smallest absolute Gasteiger partial charge is 0.276 e. The van der Waals surface area contributed by atoms with Crippen molar-refractivity contribution >= 4 is 50.7 Å². The number of rotatable bonds is 2. The first-order valence-corrected chi connectivity index (χ1v) is 6.78. The topological polar surface area (TPSA) is 54.9 Å². The van der Waals surface area contributed by atoms with E-state index in [-0.39, 0.29) is 16.8 Å². The van der Waals surface area contributed by atoms with Crippen LogP contribution >= 0.6 is 39.1 Å². The predicted octanol–water partition coefficient (Wildman–Crippen LogP) is 4.11. The number of hydrogen-bond donors (Lipinski definition) is 1. The van der Waals surface area contributed by atoms with Gasteiger partial charge in [-0.2, -0.15) is 0 Å². The molecule has 7 heteroatoms. The van der Waals surface area contributed by atoms with Crippen LogP contribution in [0, 0.1) is 6.92 Å². The molecule has 2 aromatic rings. The zero-order chi connectivity index (χ0) is 14.0. The Bertz CT molecular complexity index is 632. The zero-order valence-corrected chi connectivity index (χ0v) is 12.8. The summed E-state index contributed by atoms with van der Waals surface area (Å²) in [7, 11) is 0. The average molecular weight is 361 g/mol. The number of carbonyl (C=O) groups excluding carboxylic acids is 1. The highest BCUT2D eigenvalue weighted by molar-refractivity contribution is 9.10. The zero-order valence-electron chi connectivity index (χ0n) is 9.75. The van der Waals surface area contributed by atoms with Gasteiger partial charge in [-0.25, -0.2) is 0 Å². The number of nitrogens with one attached hydrogen (secondary N) is 1. The molecule has 0 spiro atoms. The minimum Gasteiger partial charge on any atom is -0.319 e. The minimum atomic E-state index is -0.384. The monoisotopic (exact) mass is 359 g/mol. The molecule has 0 radical (unpaired) electrons. The van der Waals surface area contributed by atoms with E-state index in [1.165, 1.54) is 12.1 Å². The summed E-state index contributed by atoms with van der Waals surface area (Å²) in [5, 5.41) is 10.8. The molecule has 1 heterocycles. The molecule has 0 aliphatic carbocycles. The Morgan fingerprint density at radius 1 is 1.26 bits per heavy atom. The second-order valence-corrected chi connectivity index (χ2v) is 5.43. The molecule has 19 heavy (non-hydrogen) atoms. The summed E-state index contributed by atoms with van der Waals surface area (Å²) in [6.07, 6.45) is 0. The van der Waals surface area contributed by atoms with Crippen molar-refractivity contribution in [1.82, 2.24) is 10.2 Å². The first-order chi connectivity index (χ1) is 8.97. The number of nitrogens with zero attached hydrogens (tertiary/aromatic N) is 2. The molecule has 1 N–H and O–H groups in total. The van der Waals surface area contributed by atoms with E-state index < -0.39 is 0 Å². The molecule has 0 unspecified atom stereocenters. The van der Waals surface area contributed by atoms with Crippen molar-refractivity contribution in [1.29, 1.82) is 0 Å². The van der Waals surface area contributed by atoms with Crippen LogP contribution in [-0.2, 0) is 0 Å². The lowest BCUT2D eigenvalue weighted by Crippen LogP contribution is -2.14. The Labute approximate surface area is 128 Å². The van der Waals surface area contributed by atoms with Crippen LogP contribution in [-0.4, -0.2) is 16.1 Å². The molecule has 0 saturated carbocycles. The third kappa shape index (κ3) is 3.43. The molecule has 0 atom stereocenters. The predicted molar refractivity (Wildman–Crippen MR) is 78.9 cm³/mol. The fourth-order valence-corrected chi connectivity index (χ4v) is 2.19. The summed E-state index contributed by atoms with van der Waals surface area (Å²) >= 11 is 15.0. The molecule has 98 valence electrons. The Balaban J connectivity index is 2.24. The Kier molecular flexibility index (Phi) is 4.39. The van der Waals surface area contributed by atoms with Gasteiger partial charge in [-0.1, -0.05) is 23.2 Å². The lowest BCUT2D eigenvalue weighted by atomic mass is 10.2. The summed E-state index contributed by atoms with van der Waals surface area (Å²) < 4.78 is 0.740. The van der Waals surface area contributed by atoms with E-state index in [9.17, 15) is 4.79 Å². The molecule has 0 aliphatic rings. The van der Waals surface area contributed by atoms with Gasteiger partial charge in [-0.15, -0.1) is 10.2 Å². The van der Waals surface area contributed by atoms with Crippen LogP contribution in [0.3, 0.4) is 0 Å². The summed E-state index contributed by atoms with van der Waals surface area (Å²) in [6, 6.07) is 6.49. The molecule has 1 aromatic heterocycles. The van der Waals surface area contributed by atoms with Gasteiger partial charge < -0.3 is 5.32 Å². The average Bonchev–Trinajstić information content (AvgIpc) is 2.36. The Hall–Kier alpha value is -1.17. The van der Waals surface area contributed by atoms with Crippen LogP contribution in [0.15, 0.2) is 28.7 Å². The molecule has 0 fully saturated rings. The van der Waals surface area contributed by atoms with Crippen molar-refractivity contribution in [2.75, 3.05) is 5.32 Å². The number of aryl methyl sites for hydroxylation is 1. The molecular formula is C12H8BrCl2N3O. The number of anilines is 1. The third-order valence-corrected chi connectivity index (χ3v) is 3.63. The molecule has 1 amide bonds. The number of hydrogen-bond acceptors (Lipinski definition) is 3. The van der Waals surface area contributed by atoms with Gasteiger partial charge >= 0.3 is 0 Å². The molecule has 0 bridgehead atoms. The van der Waals surface area contributed by atoms with Crippen molar-refractivity contribution < 1.29 is 4.79 Å². The van der Waals surface area contributed by atoms with E-state index in [4.69, 9.17) is 23.2 Å². The van der Waals surface area contributed by atoms with Crippen molar-refractivity contribution in [3.8, 4) is 0 Å². The number of carbonyl (C=O) groups is 1. The largest absolute Gasteiger partial charge is 0.319 e. The van der Waals surface area contributed by atoms with E-state index in [2.05, 4.69) is 31.4 Å². The summed E-state index contributed by atoms with van der Waals surface area (Å²) in [5.74, 6) is -0.384. The highest BCUT2D eigenvalue weighted by atomic mass is 79.9. The van der Waals surface area contributed by atoms with E-state index in [1.807, 2.05) is 13.0 Å². The van der Waals surface area contributed by atoms with E-state index in [1.54, 1.807) is 6.07 Å². The van der Waals surface area contributed by atoms with Crippen LogP contribution in [0.5, 0.6) is 0 Å². The van der Waals surface area contributed by atoms with Crippen LogP contribution < -0.4 is 5.32 Å². The number of amides is 1. The SMILES string of the molecule is Cc1cc(Br)c(NC(=O)c2ccc(Cl)nn2)cc1Cl. The third-order valence-electron chi connectivity index (χ3n) is 2.36. The maximum atomic E-state index is 12.0. The molecular weight excluding hydrogens is 353 g/mol. The van der Waals surface area contributed by atoms with Crippen LogP contribution in [0.2, 0.25) is 10.2 Å². The molecule has 1 aromatic carbocycles. The number of aromatic nitrogens is 2. The summed E-state index contributed by atoms with van der Waals surface area (Å²) in [6.45, 7) is 1.88. The summed E-state index contributed by atoms with van der Waals surface area (Å²) in [5.41, 5.74) is 1.66. The Morgan fingerprint density at radius 3 is 2.63 bits per heavy atom. The van der Waals surface area contributed by atoms with Crippen molar-refractivity contribution in [2.45, 2.75) is 6.92 Å². The van der Waals surface area contributed by atoms with Gasteiger partial charge in [0, 0.05) is 9.50 Å².